The van der Waals surface area contributed by atoms with E-state index in [1.54, 1.807) is 12.4 Å². The molecule has 0 spiro atoms. The van der Waals surface area contributed by atoms with Crippen molar-refractivity contribution in [3.05, 3.63) is 30.1 Å². The molecule has 0 saturated heterocycles. The Morgan fingerprint density at radius 1 is 1.15 bits per heavy atom. The molecule has 0 atom stereocenters. The summed E-state index contributed by atoms with van der Waals surface area (Å²) in [4.78, 5) is 3.92. The van der Waals surface area contributed by atoms with Gasteiger partial charge in [-0.15, -0.1) is 0 Å². The summed E-state index contributed by atoms with van der Waals surface area (Å²) in [6, 6.07) is 3.96. The maximum Gasteiger partial charge on any atom is 0.151 e. The second kappa shape index (κ2) is 5.67. The Morgan fingerprint density at radius 2 is 1.85 bits per heavy atom. The Hall–Kier alpha value is -0.930. The second-order valence-corrected chi connectivity index (χ2v) is 3.08. The molecule has 1 aromatic heterocycles. The van der Waals surface area contributed by atoms with Crippen LogP contribution < -0.4 is 0 Å². The van der Waals surface area contributed by atoms with E-state index >= 15 is 0 Å². The van der Waals surface area contributed by atoms with Gasteiger partial charge in [-0.05, 0) is 43.4 Å². The zero-order valence-electron chi connectivity index (χ0n) is 7.56. The fraction of sp³-hybridized carbons (Fsp3) is 0.500. The molecule has 3 heteroatoms. The number of hydrogen-bond donors (Lipinski definition) is 2. The molecule has 2 N–H and O–H groups in total. The van der Waals surface area contributed by atoms with Gasteiger partial charge in [-0.1, -0.05) is 0 Å². The van der Waals surface area contributed by atoms with Gasteiger partial charge in [0.2, 0.25) is 0 Å². The SMILES string of the molecule is OC(O)CCCCc1ccncc1. The number of pyridine rings is 1. The summed E-state index contributed by atoms with van der Waals surface area (Å²) in [6.07, 6.45) is 5.67. The molecule has 0 radical (unpaired) electrons. The first-order valence-electron chi connectivity index (χ1n) is 4.54. The van der Waals surface area contributed by atoms with Crippen LogP contribution in [0.2, 0.25) is 0 Å². The molecule has 0 amide bonds. The van der Waals surface area contributed by atoms with Crippen LogP contribution in [0.4, 0.5) is 0 Å². The normalized spacial score (nSPS) is 10.7. The lowest BCUT2D eigenvalue weighted by atomic mass is 10.1. The van der Waals surface area contributed by atoms with Crippen molar-refractivity contribution in [1.82, 2.24) is 4.98 Å². The zero-order valence-corrected chi connectivity index (χ0v) is 7.56. The van der Waals surface area contributed by atoms with Gasteiger partial charge in [0.15, 0.2) is 6.29 Å². The van der Waals surface area contributed by atoms with Crippen molar-refractivity contribution in [1.29, 1.82) is 0 Å². The summed E-state index contributed by atoms with van der Waals surface area (Å²) in [5, 5.41) is 17.2. The number of aryl methyl sites for hydroxylation is 1. The minimum Gasteiger partial charge on any atom is -0.368 e. The minimum absolute atomic E-state index is 0.463. The van der Waals surface area contributed by atoms with Crippen LogP contribution in [0.5, 0.6) is 0 Å². The second-order valence-electron chi connectivity index (χ2n) is 3.08. The van der Waals surface area contributed by atoms with Crippen molar-refractivity contribution in [3.63, 3.8) is 0 Å². The summed E-state index contributed by atoms with van der Waals surface area (Å²) >= 11 is 0. The van der Waals surface area contributed by atoms with E-state index in [2.05, 4.69) is 4.98 Å². The molecule has 1 aromatic rings. The molecule has 3 nitrogen and oxygen atoms in total. The standard InChI is InChI=1S/C10H15NO2/c12-10(13)4-2-1-3-9-5-7-11-8-6-9/h5-8,10,12-13H,1-4H2. The molecule has 0 fully saturated rings. The molecule has 0 aliphatic carbocycles. The average molecular weight is 181 g/mol. The predicted molar refractivity (Wildman–Crippen MR) is 50.0 cm³/mol. The molecule has 0 aromatic carbocycles. The Labute approximate surface area is 78.1 Å². The molecule has 13 heavy (non-hydrogen) atoms. The van der Waals surface area contributed by atoms with Gasteiger partial charge in [-0.3, -0.25) is 4.98 Å². The molecule has 1 rings (SSSR count). The van der Waals surface area contributed by atoms with Crippen molar-refractivity contribution < 1.29 is 10.2 Å². The Bertz CT molecular complexity index is 224. The fourth-order valence-corrected chi connectivity index (χ4v) is 1.21. The number of aromatic nitrogens is 1. The maximum absolute atomic E-state index is 8.60. The molecule has 0 saturated carbocycles. The number of unbranched alkanes of at least 4 members (excludes halogenated alkanes) is 1. The highest BCUT2D eigenvalue weighted by atomic mass is 16.5. The van der Waals surface area contributed by atoms with Crippen LogP contribution in [-0.4, -0.2) is 21.5 Å². The first kappa shape index (κ1) is 10.2. The summed E-state index contributed by atoms with van der Waals surface area (Å²) in [7, 11) is 0. The van der Waals surface area contributed by atoms with Gasteiger partial charge in [0, 0.05) is 12.4 Å². The number of rotatable bonds is 5. The Morgan fingerprint density at radius 3 is 2.46 bits per heavy atom. The van der Waals surface area contributed by atoms with Gasteiger partial charge < -0.3 is 10.2 Å². The first-order valence-corrected chi connectivity index (χ1v) is 4.54. The third-order valence-electron chi connectivity index (χ3n) is 1.93. The largest absolute Gasteiger partial charge is 0.368 e. The van der Waals surface area contributed by atoms with Crippen molar-refractivity contribution in [3.8, 4) is 0 Å². The lowest BCUT2D eigenvalue weighted by molar-refractivity contribution is -0.0465. The third kappa shape index (κ3) is 4.60. The van der Waals surface area contributed by atoms with Crippen molar-refractivity contribution in [2.75, 3.05) is 0 Å². The van der Waals surface area contributed by atoms with Crippen molar-refractivity contribution in [2.24, 2.45) is 0 Å². The van der Waals surface area contributed by atoms with Gasteiger partial charge >= 0.3 is 0 Å². The molecular weight excluding hydrogens is 166 g/mol. The highest BCUT2D eigenvalue weighted by molar-refractivity contribution is 5.09. The van der Waals surface area contributed by atoms with E-state index in [-0.39, 0.29) is 0 Å². The van der Waals surface area contributed by atoms with Gasteiger partial charge in [-0.2, -0.15) is 0 Å². The monoisotopic (exact) mass is 181 g/mol. The van der Waals surface area contributed by atoms with Gasteiger partial charge in [0.05, 0.1) is 0 Å². The van der Waals surface area contributed by atoms with E-state index in [1.807, 2.05) is 12.1 Å². The quantitative estimate of drug-likeness (QED) is 0.528. The van der Waals surface area contributed by atoms with Crippen LogP contribution in [0.1, 0.15) is 24.8 Å². The number of hydrogen-bond acceptors (Lipinski definition) is 3. The average Bonchev–Trinajstić information content (AvgIpc) is 2.14. The van der Waals surface area contributed by atoms with Crippen LogP contribution in [0, 0.1) is 0 Å². The van der Waals surface area contributed by atoms with Gasteiger partial charge in [0.1, 0.15) is 0 Å². The predicted octanol–water partition coefficient (Wildman–Crippen LogP) is 1.11. The zero-order chi connectivity index (χ0) is 9.52. The van der Waals surface area contributed by atoms with E-state index in [0.717, 1.165) is 19.3 Å². The summed E-state index contributed by atoms with van der Waals surface area (Å²) in [5.74, 6) is 0. The Balaban J connectivity index is 2.13. The van der Waals surface area contributed by atoms with Crippen LogP contribution in [0.25, 0.3) is 0 Å². The van der Waals surface area contributed by atoms with E-state index in [4.69, 9.17) is 10.2 Å². The number of aliphatic hydroxyl groups is 2. The van der Waals surface area contributed by atoms with Gasteiger partial charge in [-0.25, -0.2) is 0 Å². The third-order valence-corrected chi connectivity index (χ3v) is 1.93. The smallest absolute Gasteiger partial charge is 0.151 e. The minimum atomic E-state index is -1.16. The number of aliphatic hydroxyl groups excluding tert-OH is 1. The molecule has 0 aliphatic rings. The highest BCUT2D eigenvalue weighted by Gasteiger charge is 1.97. The van der Waals surface area contributed by atoms with E-state index in [0.29, 0.717) is 6.42 Å². The van der Waals surface area contributed by atoms with Crippen molar-refractivity contribution in [2.45, 2.75) is 32.0 Å². The van der Waals surface area contributed by atoms with E-state index in [1.165, 1.54) is 5.56 Å². The first-order chi connectivity index (χ1) is 6.29. The molecular formula is C10H15NO2. The Kier molecular flexibility index (Phi) is 4.43. The summed E-state index contributed by atoms with van der Waals surface area (Å²) < 4.78 is 0. The van der Waals surface area contributed by atoms with Crippen LogP contribution in [-0.2, 0) is 6.42 Å². The number of nitrogens with zero attached hydrogens (tertiary/aromatic N) is 1. The lowest BCUT2D eigenvalue weighted by Crippen LogP contribution is -2.03. The van der Waals surface area contributed by atoms with Crippen LogP contribution in [0.15, 0.2) is 24.5 Å². The summed E-state index contributed by atoms with van der Waals surface area (Å²) in [5.41, 5.74) is 1.25. The summed E-state index contributed by atoms with van der Waals surface area (Å²) in [6.45, 7) is 0. The topological polar surface area (TPSA) is 53.4 Å². The van der Waals surface area contributed by atoms with E-state index < -0.39 is 6.29 Å². The molecule has 0 unspecified atom stereocenters. The molecule has 72 valence electrons. The maximum atomic E-state index is 8.60. The van der Waals surface area contributed by atoms with Crippen LogP contribution >= 0.6 is 0 Å². The van der Waals surface area contributed by atoms with Crippen LogP contribution in [0.3, 0.4) is 0 Å². The highest BCUT2D eigenvalue weighted by Crippen LogP contribution is 2.05. The molecule has 1 heterocycles. The van der Waals surface area contributed by atoms with Gasteiger partial charge in [0.25, 0.3) is 0 Å². The van der Waals surface area contributed by atoms with E-state index in [9.17, 15) is 0 Å². The van der Waals surface area contributed by atoms with Crippen molar-refractivity contribution >= 4 is 0 Å². The molecule has 0 aliphatic heterocycles. The fourth-order valence-electron chi connectivity index (χ4n) is 1.21. The lowest BCUT2D eigenvalue weighted by Gasteiger charge is -2.02. The molecule has 0 bridgehead atoms.